The van der Waals surface area contributed by atoms with Crippen LogP contribution < -0.4 is 8.92 Å². The summed E-state index contributed by atoms with van der Waals surface area (Å²) in [6.07, 6.45) is 1.55. The molecule has 0 saturated carbocycles. The second-order valence-electron chi connectivity index (χ2n) is 6.14. The summed E-state index contributed by atoms with van der Waals surface area (Å²) in [5.74, 6) is -0.680. The number of halogens is 2. The number of benzene rings is 3. The van der Waals surface area contributed by atoms with Crippen molar-refractivity contribution < 1.29 is 26.5 Å². The van der Waals surface area contributed by atoms with E-state index < -0.39 is 15.9 Å². The zero-order valence-corrected chi connectivity index (χ0v) is 16.2. The zero-order valence-electron chi connectivity index (χ0n) is 14.6. The van der Waals surface area contributed by atoms with Gasteiger partial charge in [-0.15, -0.1) is 0 Å². The number of ketones is 1. The topological polar surface area (TPSA) is 69.7 Å². The van der Waals surface area contributed by atoms with Gasteiger partial charge in [-0.05, 0) is 60.2 Å². The molecular formula is C21H12ClFO5S. The Balaban J connectivity index is 1.60. The van der Waals surface area contributed by atoms with Gasteiger partial charge in [0.1, 0.15) is 22.2 Å². The third-order valence-corrected chi connectivity index (χ3v) is 5.59. The lowest BCUT2D eigenvalue weighted by Gasteiger charge is -2.08. The number of hydrogen-bond donors (Lipinski definition) is 0. The Hall–Kier alpha value is -3.16. The predicted octanol–water partition coefficient (Wildman–Crippen LogP) is 4.86. The van der Waals surface area contributed by atoms with Gasteiger partial charge in [-0.25, -0.2) is 4.39 Å². The van der Waals surface area contributed by atoms with Crippen LogP contribution in [0, 0.1) is 5.82 Å². The lowest BCUT2D eigenvalue weighted by atomic mass is 10.1. The van der Waals surface area contributed by atoms with E-state index in [1.807, 2.05) is 0 Å². The number of allylic oxidation sites excluding steroid dienone is 1. The van der Waals surface area contributed by atoms with Crippen molar-refractivity contribution in [2.45, 2.75) is 4.90 Å². The summed E-state index contributed by atoms with van der Waals surface area (Å²) < 4.78 is 48.3. The maximum atomic E-state index is 13.0. The highest BCUT2D eigenvalue weighted by Crippen LogP contribution is 2.35. The highest BCUT2D eigenvalue weighted by atomic mass is 35.5. The molecule has 0 spiro atoms. The summed E-state index contributed by atoms with van der Waals surface area (Å²) >= 11 is 5.95. The molecular weight excluding hydrogens is 419 g/mol. The van der Waals surface area contributed by atoms with Crippen molar-refractivity contribution in [3.05, 3.63) is 94.5 Å². The maximum Gasteiger partial charge on any atom is 0.339 e. The minimum atomic E-state index is -4.16. The van der Waals surface area contributed by atoms with E-state index in [1.54, 1.807) is 30.3 Å². The number of fused-ring (bicyclic) bond motifs is 1. The Kier molecular flexibility index (Phi) is 4.86. The van der Waals surface area contributed by atoms with E-state index in [0.717, 1.165) is 24.3 Å². The molecule has 5 nitrogen and oxygen atoms in total. The van der Waals surface area contributed by atoms with Crippen LogP contribution in [0.5, 0.6) is 11.5 Å². The van der Waals surface area contributed by atoms with Gasteiger partial charge in [0.05, 0.1) is 5.56 Å². The van der Waals surface area contributed by atoms with Gasteiger partial charge in [-0.3, -0.25) is 4.79 Å². The van der Waals surface area contributed by atoms with E-state index >= 15 is 0 Å². The van der Waals surface area contributed by atoms with Crippen LogP contribution in [-0.2, 0) is 10.1 Å². The van der Waals surface area contributed by atoms with Crippen LogP contribution >= 0.6 is 11.6 Å². The summed E-state index contributed by atoms with van der Waals surface area (Å²) in [5.41, 5.74) is 0.967. The average Bonchev–Trinajstić information content (AvgIpc) is 2.97. The first kappa shape index (κ1) is 19.2. The number of hydrogen-bond acceptors (Lipinski definition) is 5. The van der Waals surface area contributed by atoms with E-state index in [0.29, 0.717) is 10.6 Å². The van der Waals surface area contributed by atoms with Crippen molar-refractivity contribution in [2.75, 3.05) is 0 Å². The van der Waals surface area contributed by atoms with Gasteiger partial charge in [-0.2, -0.15) is 8.42 Å². The fourth-order valence-electron chi connectivity index (χ4n) is 2.74. The van der Waals surface area contributed by atoms with Gasteiger partial charge in [0.25, 0.3) is 0 Å². The summed E-state index contributed by atoms with van der Waals surface area (Å²) in [7, 11) is -4.16. The van der Waals surface area contributed by atoms with Gasteiger partial charge in [-0.1, -0.05) is 23.7 Å². The van der Waals surface area contributed by atoms with Crippen molar-refractivity contribution in [1.29, 1.82) is 0 Å². The molecule has 146 valence electrons. The molecule has 1 heterocycles. The molecule has 0 bridgehead atoms. The van der Waals surface area contributed by atoms with Gasteiger partial charge >= 0.3 is 10.1 Å². The summed E-state index contributed by atoms with van der Waals surface area (Å²) in [4.78, 5) is 12.3. The van der Waals surface area contributed by atoms with E-state index in [1.165, 1.54) is 18.2 Å². The Labute approximate surface area is 171 Å². The first-order chi connectivity index (χ1) is 13.8. The minimum Gasteiger partial charge on any atom is -0.452 e. The third kappa shape index (κ3) is 4.01. The number of ether oxygens (including phenoxy) is 1. The molecule has 1 aliphatic rings. The predicted molar refractivity (Wildman–Crippen MR) is 105 cm³/mol. The van der Waals surface area contributed by atoms with Crippen LogP contribution in [0.2, 0.25) is 5.02 Å². The fraction of sp³-hybridized carbons (Fsp3) is 0. The SMILES string of the molecule is O=C1C(=Cc2cccc(Cl)c2)Oc2cc(OS(=O)(=O)c3ccc(F)cc3)ccc21. The summed E-state index contributed by atoms with van der Waals surface area (Å²) in [6.45, 7) is 0. The second-order valence-corrected chi connectivity index (χ2v) is 8.13. The van der Waals surface area contributed by atoms with Crippen LogP contribution in [0.25, 0.3) is 6.08 Å². The second kappa shape index (κ2) is 7.35. The lowest BCUT2D eigenvalue weighted by molar-refractivity contribution is 0.101. The van der Waals surface area contributed by atoms with E-state index in [4.69, 9.17) is 20.5 Å². The highest BCUT2D eigenvalue weighted by Gasteiger charge is 2.28. The molecule has 0 amide bonds. The van der Waals surface area contributed by atoms with Crippen LogP contribution in [-0.4, -0.2) is 14.2 Å². The molecule has 29 heavy (non-hydrogen) atoms. The quantitative estimate of drug-likeness (QED) is 0.436. The van der Waals surface area contributed by atoms with Crippen LogP contribution in [0.1, 0.15) is 15.9 Å². The average molecular weight is 431 g/mol. The number of carbonyl (C=O) groups is 1. The molecule has 4 rings (SSSR count). The first-order valence-electron chi connectivity index (χ1n) is 8.36. The van der Waals surface area contributed by atoms with Crippen molar-refractivity contribution in [2.24, 2.45) is 0 Å². The third-order valence-electron chi connectivity index (χ3n) is 4.10. The van der Waals surface area contributed by atoms with Gasteiger partial charge in [0, 0.05) is 11.1 Å². The number of rotatable bonds is 4. The molecule has 0 radical (unpaired) electrons. The van der Waals surface area contributed by atoms with Crippen molar-refractivity contribution in [3.63, 3.8) is 0 Å². The molecule has 3 aromatic rings. The van der Waals surface area contributed by atoms with Crippen molar-refractivity contribution >= 4 is 33.6 Å². The monoisotopic (exact) mass is 430 g/mol. The van der Waals surface area contributed by atoms with Crippen LogP contribution in [0.3, 0.4) is 0 Å². The number of Topliss-reactive ketones (excluding diaryl/α,β-unsaturated/α-hetero) is 1. The summed E-state index contributed by atoms with van der Waals surface area (Å²) in [6, 6.07) is 15.2. The fourth-order valence-corrected chi connectivity index (χ4v) is 3.86. The molecule has 0 aliphatic carbocycles. The minimum absolute atomic E-state index is 0.0371. The standard InChI is InChI=1S/C21H12ClFO5S/c22-14-3-1-2-13(10-14)11-20-21(24)18-9-6-16(12-19(18)27-20)28-29(25,26)17-7-4-15(23)5-8-17/h1-12H. The highest BCUT2D eigenvalue weighted by molar-refractivity contribution is 7.87. The van der Waals surface area contributed by atoms with Crippen LogP contribution in [0.4, 0.5) is 4.39 Å². The van der Waals surface area contributed by atoms with Gasteiger partial charge in [0.2, 0.25) is 5.78 Å². The molecule has 0 atom stereocenters. The van der Waals surface area contributed by atoms with E-state index in [2.05, 4.69) is 0 Å². The molecule has 3 aromatic carbocycles. The van der Waals surface area contributed by atoms with E-state index in [9.17, 15) is 17.6 Å². The first-order valence-corrected chi connectivity index (χ1v) is 10.1. The largest absolute Gasteiger partial charge is 0.452 e. The molecule has 1 aliphatic heterocycles. The molecule has 0 unspecified atom stereocenters. The molecule has 0 saturated heterocycles. The smallest absolute Gasteiger partial charge is 0.339 e. The maximum absolute atomic E-state index is 13.0. The van der Waals surface area contributed by atoms with Gasteiger partial charge in [0.15, 0.2) is 5.76 Å². The Morgan fingerprint density at radius 2 is 1.76 bits per heavy atom. The van der Waals surface area contributed by atoms with E-state index in [-0.39, 0.29) is 33.5 Å². The molecule has 0 fully saturated rings. The van der Waals surface area contributed by atoms with Gasteiger partial charge < -0.3 is 8.92 Å². The zero-order chi connectivity index (χ0) is 20.6. The molecule has 0 N–H and O–H groups in total. The van der Waals surface area contributed by atoms with Crippen LogP contribution in [0.15, 0.2) is 77.4 Å². The normalized spacial score (nSPS) is 14.6. The lowest BCUT2D eigenvalue weighted by Crippen LogP contribution is -2.09. The van der Waals surface area contributed by atoms with Crippen molar-refractivity contribution in [3.8, 4) is 11.5 Å². The summed E-state index contributed by atoms with van der Waals surface area (Å²) in [5, 5.41) is 0.518. The number of carbonyl (C=O) groups excluding carboxylic acids is 1. The molecule has 0 aromatic heterocycles. The Bertz CT molecular complexity index is 1250. The van der Waals surface area contributed by atoms with Crippen molar-refractivity contribution in [1.82, 2.24) is 0 Å². The molecule has 8 heteroatoms. The Morgan fingerprint density at radius 1 is 1.00 bits per heavy atom. The Morgan fingerprint density at radius 3 is 2.48 bits per heavy atom.